The van der Waals surface area contributed by atoms with E-state index in [2.05, 4.69) is 23.5 Å². The van der Waals surface area contributed by atoms with Gasteiger partial charge in [0.15, 0.2) is 0 Å². The third-order valence-electron chi connectivity index (χ3n) is 8.03. The Kier molecular flexibility index (Phi) is 5.51. The van der Waals surface area contributed by atoms with Crippen molar-refractivity contribution in [3.05, 3.63) is 77.4 Å². The van der Waals surface area contributed by atoms with Crippen LogP contribution < -0.4 is 5.32 Å². The number of amides is 4. The number of nitrogens with one attached hydrogen (secondary N) is 1. The van der Waals surface area contributed by atoms with Crippen molar-refractivity contribution in [1.29, 1.82) is 0 Å². The number of allylic oxidation sites excluding steroid dienone is 1. The van der Waals surface area contributed by atoms with Gasteiger partial charge in [-0.25, -0.2) is 9.80 Å². The van der Waals surface area contributed by atoms with Gasteiger partial charge in [-0.2, -0.15) is 5.10 Å². The Morgan fingerprint density at radius 2 is 1.75 bits per heavy atom. The van der Waals surface area contributed by atoms with Crippen LogP contribution in [0.25, 0.3) is 6.08 Å². The molecule has 2 aromatic rings. The van der Waals surface area contributed by atoms with E-state index in [9.17, 15) is 14.4 Å². The molecule has 7 heteroatoms. The fraction of sp³-hybridized carbons (Fsp3) is 0.379. The van der Waals surface area contributed by atoms with E-state index in [0.717, 1.165) is 59.4 Å². The first-order valence-electron chi connectivity index (χ1n) is 12.8. The van der Waals surface area contributed by atoms with Crippen molar-refractivity contribution < 1.29 is 14.4 Å². The zero-order valence-electron chi connectivity index (χ0n) is 20.4. The molecule has 1 N–H and O–H groups in total. The summed E-state index contributed by atoms with van der Waals surface area (Å²) in [4.78, 5) is 40.7. The molecule has 2 aliphatic heterocycles. The molecule has 6 rings (SSSR count). The molecule has 3 atom stereocenters. The number of fused-ring (bicyclic) bond motifs is 1. The van der Waals surface area contributed by atoms with Gasteiger partial charge in [-0.1, -0.05) is 60.7 Å². The van der Waals surface area contributed by atoms with Crippen LogP contribution in [-0.4, -0.2) is 45.5 Å². The van der Waals surface area contributed by atoms with E-state index in [4.69, 9.17) is 5.10 Å². The summed E-state index contributed by atoms with van der Waals surface area (Å²) in [7, 11) is 0. The van der Waals surface area contributed by atoms with Gasteiger partial charge in [0.05, 0.1) is 11.8 Å². The second kappa shape index (κ2) is 8.73. The molecule has 3 unspecified atom stereocenters. The molecule has 0 spiro atoms. The smallest absolute Gasteiger partial charge is 0.323 e. The van der Waals surface area contributed by atoms with E-state index in [-0.39, 0.29) is 36.2 Å². The molecule has 4 amide bonds. The number of carbonyl (C=O) groups is 3. The molecular formula is C29H30N4O3. The van der Waals surface area contributed by atoms with Crippen LogP contribution >= 0.6 is 0 Å². The van der Waals surface area contributed by atoms with E-state index < -0.39 is 11.6 Å². The third-order valence-corrected chi connectivity index (χ3v) is 8.03. The Labute approximate surface area is 210 Å². The number of rotatable bonds is 5. The van der Waals surface area contributed by atoms with Gasteiger partial charge in [-0.3, -0.25) is 14.5 Å². The van der Waals surface area contributed by atoms with Crippen LogP contribution in [0, 0.1) is 11.8 Å². The maximum atomic E-state index is 13.7. The van der Waals surface area contributed by atoms with Crippen LogP contribution in [0.4, 0.5) is 4.79 Å². The Morgan fingerprint density at radius 1 is 1.06 bits per heavy atom. The van der Waals surface area contributed by atoms with Crippen LogP contribution in [0.15, 0.2) is 71.3 Å². The van der Waals surface area contributed by atoms with Gasteiger partial charge in [0, 0.05) is 5.92 Å². The Balaban J connectivity index is 1.33. The predicted octanol–water partition coefficient (Wildman–Crippen LogP) is 4.53. The van der Waals surface area contributed by atoms with Crippen LogP contribution in [0.1, 0.15) is 56.2 Å². The summed E-state index contributed by atoms with van der Waals surface area (Å²) in [5.41, 5.74) is 3.29. The Hall–Kier alpha value is -3.74. The van der Waals surface area contributed by atoms with Crippen molar-refractivity contribution in [1.82, 2.24) is 15.2 Å². The second-order valence-electron chi connectivity index (χ2n) is 10.5. The van der Waals surface area contributed by atoms with E-state index in [1.54, 1.807) is 6.92 Å². The average molecular weight is 483 g/mol. The van der Waals surface area contributed by atoms with Gasteiger partial charge in [0.1, 0.15) is 12.1 Å². The lowest BCUT2D eigenvalue weighted by molar-refractivity contribution is -0.140. The Bertz CT molecular complexity index is 1270. The summed E-state index contributed by atoms with van der Waals surface area (Å²) in [6.45, 7) is 1.46. The summed E-state index contributed by atoms with van der Waals surface area (Å²) >= 11 is 0. The minimum absolute atomic E-state index is 0.0694. The number of carbonyl (C=O) groups excluding carboxylic acids is 3. The zero-order valence-corrected chi connectivity index (χ0v) is 20.4. The minimum Gasteiger partial charge on any atom is -0.323 e. The molecular weight excluding hydrogens is 452 g/mol. The first kappa shape index (κ1) is 22.7. The molecule has 2 saturated carbocycles. The van der Waals surface area contributed by atoms with E-state index >= 15 is 0 Å². The maximum Gasteiger partial charge on any atom is 0.325 e. The monoisotopic (exact) mass is 482 g/mol. The molecule has 1 saturated heterocycles. The zero-order chi connectivity index (χ0) is 24.9. The standard InChI is InChI=1S/C29H30N4O3/c1-29(22-15-16-22)27(35)32(28(36)30-29)18-24(34)33-26(20-11-6-3-7-12-20)23-14-8-13-21(25(23)31-33)17-19-9-4-2-5-10-19/h2-7,9-12,17,22-23,26H,8,13-16,18H2,1H3,(H,30,36)/b21-17+. The first-order valence-corrected chi connectivity index (χ1v) is 12.8. The fourth-order valence-corrected chi connectivity index (χ4v) is 5.95. The molecule has 184 valence electrons. The highest BCUT2D eigenvalue weighted by Crippen LogP contribution is 2.45. The number of hydrogen-bond acceptors (Lipinski definition) is 4. The highest BCUT2D eigenvalue weighted by atomic mass is 16.2. The highest BCUT2D eigenvalue weighted by molar-refractivity contribution is 6.10. The molecule has 7 nitrogen and oxygen atoms in total. The highest BCUT2D eigenvalue weighted by Gasteiger charge is 2.56. The van der Waals surface area contributed by atoms with Crippen molar-refractivity contribution in [3.8, 4) is 0 Å². The van der Waals surface area contributed by atoms with Gasteiger partial charge in [-0.05, 0) is 67.7 Å². The largest absolute Gasteiger partial charge is 0.325 e. The number of hydrogen-bond donors (Lipinski definition) is 1. The predicted molar refractivity (Wildman–Crippen MR) is 137 cm³/mol. The van der Waals surface area contributed by atoms with Crippen molar-refractivity contribution in [2.24, 2.45) is 16.9 Å². The van der Waals surface area contributed by atoms with Gasteiger partial charge in [0.25, 0.3) is 11.8 Å². The SMILES string of the molecule is CC1(C2CC2)NC(=O)N(CC(=O)N2N=C3/C(=C/c4ccccc4)CCCC3C2c2ccccc2)C1=O. The van der Waals surface area contributed by atoms with Gasteiger partial charge >= 0.3 is 6.03 Å². The molecule has 0 radical (unpaired) electrons. The van der Waals surface area contributed by atoms with E-state index in [1.807, 2.05) is 48.5 Å². The van der Waals surface area contributed by atoms with Crippen molar-refractivity contribution in [3.63, 3.8) is 0 Å². The quantitative estimate of drug-likeness (QED) is 0.636. The number of hydrazone groups is 1. The van der Waals surface area contributed by atoms with Crippen LogP contribution in [0.3, 0.4) is 0 Å². The molecule has 2 heterocycles. The lowest BCUT2D eigenvalue weighted by atomic mass is 9.77. The van der Waals surface area contributed by atoms with Gasteiger partial charge < -0.3 is 5.32 Å². The molecule has 0 aromatic heterocycles. The fourth-order valence-electron chi connectivity index (χ4n) is 5.95. The summed E-state index contributed by atoms with van der Waals surface area (Å²) in [6.07, 6.45) is 6.84. The van der Waals surface area contributed by atoms with Crippen molar-refractivity contribution in [2.45, 2.75) is 50.6 Å². The Morgan fingerprint density at radius 3 is 2.44 bits per heavy atom. The molecule has 36 heavy (non-hydrogen) atoms. The third kappa shape index (κ3) is 3.83. The molecule has 2 aliphatic carbocycles. The lowest BCUT2D eigenvalue weighted by Crippen LogP contribution is -2.47. The molecule has 2 aromatic carbocycles. The first-order chi connectivity index (χ1) is 17.5. The van der Waals surface area contributed by atoms with Gasteiger partial charge in [-0.15, -0.1) is 0 Å². The van der Waals surface area contributed by atoms with Crippen molar-refractivity contribution in [2.75, 3.05) is 6.54 Å². The van der Waals surface area contributed by atoms with Crippen LogP contribution in [-0.2, 0) is 9.59 Å². The van der Waals surface area contributed by atoms with Crippen LogP contribution in [0.2, 0.25) is 0 Å². The van der Waals surface area contributed by atoms with Crippen LogP contribution in [0.5, 0.6) is 0 Å². The summed E-state index contributed by atoms with van der Waals surface area (Å²) in [5, 5.41) is 9.26. The summed E-state index contributed by atoms with van der Waals surface area (Å²) in [6, 6.07) is 19.4. The topological polar surface area (TPSA) is 82.1 Å². The summed E-state index contributed by atoms with van der Waals surface area (Å²) < 4.78 is 0. The van der Waals surface area contributed by atoms with E-state index in [1.165, 1.54) is 5.01 Å². The lowest BCUT2D eigenvalue weighted by Gasteiger charge is -2.30. The summed E-state index contributed by atoms with van der Waals surface area (Å²) in [5.74, 6) is -0.437. The minimum atomic E-state index is -0.910. The number of benzene rings is 2. The van der Waals surface area contributed by atoms with Crippen molar-refractivity contribution >= 4 is 29.6 Å². The molecule has 3 fully saturated rings. The van der Waals surface area contributed by atoms with Gasteiger partial charge in [0.2, 0.25) is 0 Å². The number of urea groups is 1. The molecule has 0 bridgehead atoms. The second-order valence-corrected chi connectivity index (χ2v) is 10.5. The molecule has 4 aliphatic rings. The number of nitrogens with zero attached hydrogens (tertiary/aromatic N) is 3. The number of imide groups is 1. The maximum absolute atomic E-state index is 13.7. The van der Waals surface area contributed by atoms with E-state index in [0.29, 0.717) is 0 Å². The normalized spacial score (nSPS) is 28.8. The average Bonchev–Trinajstić information content (AvgIpc) is 3.64.